The molecule has 0 aliphatic rings. The van der Waals surface area contributed by atoms with Crippen LogP contribution in [0.2, 0.25) is 0 Å². The average molecular weight is 340 g/mol. The number of nitro groups is 1. The van der Waals surface area contributed by atoms with Crippen molar-refractivity contribution in [2.24, 2.45) is 5.10 Å². The molecule has 0 saturated heterocycles. The molecule has 0 saturated carbocycles. The van der Waals surface area contributed by atoms with Crippen molar-refractivity contribution in [2.75, 3.05) is 11.9 Å². The van der Waals surface area contributed by atoms with Crippen molar-refractivity contribution in [1.29, 1.82) is 0 Å². The van der Waals surface area contributed by atoms with Gasteiger partial charge in [0.15, 0.2) is 0 Å². The number of hydrogen-bond donors (Lipinski definition) is 2. The summed E-state index contributed by atoms with van der Waals surface area (Å²) < 4.78 is 0. The number of nitrogens with zero attached hydrogens (tertiary/aromatic N) is 2. The fourth-order valence-corrected chi connectivity index (χ4v) is 2.14. The number of rotatable bonds is 6. The van der Waals surface area contributed by atoms with Crippen LogP contribution >= 0.6 is 0 Å². The molecule has 1 amide bonds. The molecule has 130 valence electrons. The van der Waals surface area contributed by atoms with Gasteiger partial charge < -0.3 is 5.32 Å². The second-order valence-corrected chi connectivity index (χ2v) is 5.71. The molecule has 0 aromatic heterocycles. The van der Waals surface area contributed by atoms with Gasteiger partial charge in [-0.15, -0.1) is 0 Å². The third-order valence-corrected chi connectivity index (χ3v) is 3.68. The van der Waals surface area contributed by atoms with E-state index in [1.807, 2.05) is 31.2 Å². The molecule has 0 spiro atoms. The Kier molecular flexibility index (Phi) is 5.84. The molecule has 2 aromatic rings. The maximum atomic E-state index is 11.9. The van der Waals surface area contributed by atoms with Gasteiger partial charge in [-0.3, -0.25) is 14.9 Å². The van der Waals surface area contributed by atoms with Gasteiger partial charge in [0.05, 0.1) is 17.2 Å². The number of nitrogens with one attached hydrogen (secondary N) is 2. The lowest BCUT2D eigenvalue weighted by molar-refractivity contribution is -0.385. The maximum Gasteiger partial charge on any atom is 0.272 e. The van der Waals surface area contributed by atoms with Crippen LogP contribution in [0.1, 0.15) is 23.6 Å². The Hall–Kier alpha value is -3.22. The second-order valence-electron chi connectivity index (χ2n) is 5.71. The van der Waals surface area contributed by atoms with Crippen LogP contribution in [-0.2, 0) is 4.79 Å². The predicted octanol–water partition coefficient (Wildman–Crippen LogP) is 3.16. The van der Waals surface area contributed by atoms with Gasteiger partial charge in [0.1, 0.15) is 0 Å². The summed E-state index contributed by atoms with van der Waals surface area (Å²) in [5, 5.41) is 18.0. The molecule has 2 aromatic carbocycles. The van der Waals surface area contributed by atoms with Gasteiger partial charge in [0, 0.05) is 22.9 Å². The van der Waals surface area contributed by atoms with Crippen LogP contribution in [0, 0.1) is 24.0 Å². The lowest BCUT2D eigenvalue weighted by Crippen LogP contribution is -2.26. The summed E-state index contributed by atoms with van der Waals surface area (Å²) in [5.74, 6) is -0.304. The van der Waals surface area contributed by atoms with E-state index in [0.29, 0.717) is 16.8 Å². The molecule has 7 heteroatoms. The van der Waals surface area contributed by atoms with E-state index < -0.39 is 4.92 Å². The van der Waals surface area contributed by atoms with Gasteiger partial charge in [-0.25, -0.2) is 5.43 Å². The Bertz CT molecular complexity index is 814. The standard InChI is InChI=1S/C18H20N4O3/c1-12-4-8-16(9-5-12)19-11-18(23)21-20-14(3)15-7-6-13(2)17(10-15)22(24)25/h4-10,19H,11H2,1-3H3,(H,21,23)/b20-14+. The van der Waals surface area contributed by atoms with E-state index in [-0.39, 0.29) is 18.1 Å². The number of nitro benzene ring substituents is 1. The molecule has 0 atom stereocenters. The van der Waals surface area contributed by atoms with Crippen molar-refractivity contribution in [3.05, 3.63) is 69.3 Å². The number of anilines is 1. The molecule has 0 radical (unpaired) electrons. The Morgan fingerprint density at radius 3 is 2.48 bits per heavy atom. The first-order chi connectivity index (χ1) is 11.9. The quantitative estimate of drug-likeness (QED) is 0.479. The topological polar surface area (TPSA) is 96.6 Å². The summed E-state index contributed by atoms with van der Waals surface area (Å²) in [6.45, 7) is 5.42. The summed E-state index contributed by atoms with van der Waals surface area (Å²) in [6.07, 6.45) is 0. The first-order valence-electron chi connectivity index (χ1n) is 7.76. The number of carbonyl (C=O) groups is 1. The molecular weight excluding hydrogens is 320 g/mol. The summed E-state index contributed by atoms with van der Waals surface area (Å²) >= 11 is 0. The molecule has 0 fully saturated rings. The smallest absolute Gasteiger partial charge is 0.272 e. The fraction of sp³-hybridized carbons (Fsp3) is 0.222. The highest BCUT2D eigenvalue weighted by molar-refractivity contribution is 6.00. The lowest BCUT2D eigenvalue weighted by atomic mass is 10.1. The number of aryl methyl sites for hydroxylation is 2. The van der Waals surface area contributed by atoms with Gasteiger partial charge in [-0.1, -0.05) is 29.8 Å². The predicted molar refractivity (Wildman–Crippen MR) is 97.9 cm³/mol. The molecule has 0 unspecified atom stereocenters. The van der Waals surface area contributed by atoms with E-state index in [1.165, 1.54) is 6.07 Å². The van der Waals surface area contributed by atoms with Crippen LogP contribution in [0.15, 0.2) is 47.6 Å². The van der Waals surface area contributed by atoms with E-state index in [9.17, 15) is 14.9 Å². The van der Waals surface area contributed by atoms with E-state index >= 15 is 0 Å². The number of carbonyl (C=O) groups excluding carboxylic acids is 1. The minimum Gasteiger partial charge on any atom is -0.376 e. The number of amides is 1. The summed E-state index contributed by atoms with van der Waals surface area (Å²) in [7, 11) is 0. The second kappa shape index (κ2) is 8.05. The van der Waals surface area contributed by atoms with E-state index in [4.69, 9.17) is 0 Å². The van der Waals surface area contributed by atoms with Crippen molar-refractivity contribution in [1.82, 2.24) is 5.43 Å². The molecule has 7 nitrogen and oxygen atoms in total. The number of benzene rings is 2. The lowest BCUT2D eigenvalue weighted by Gasteiger charge is -2.07. The molecule has 2 rings (SSSR count). The molecule has 0 bridgehead atoms. The van der Waals surface area contributed by atoms with E-state index in [1.54, 1.807) is 26.0 Å². The summed E-state index contributed by atoms with van der Waals surface area (Å²) in [5.41, 5.74) is 6.11. The number of hydrogen-bond acceptors (Lipinski definition) is 5. The van der Waals surface area contributed by atoms with Crippen LogP contribution in [0.5, 0.6) is 0 Å². The first-order valence-corrected chi connectivity index (χ1v) is 7.76. The van der Waals surface area contributed by atoms with Gasteiger partial charge in [-0.2, -0.15) is 5.10 Å². The third kappa shape index (κ3) is 5.13. The van der Waals surface area contributed by atoms with Crippen LogP contribution in [0.25, 0.3) is 0 Å². The Labute approximate surface area is 145 Å². The van der Waals surface area contributed by atoms with Crippen molar-refractivity contribution < 1.29 is 9.72 Å². The normalized spacial score (nSPS) is 11.1. The van der Waals surface area contributed by atoms with Gasteiger partial charge in [0.25, 0.3) is 11.6 Å². The molecule has 2 N–H and O–H groups in total. The average Bonchev–Trinajstić information content (AvgIpc) is 2.59. The molecule has 0 aliphatic heterocycles. The van der Waals surface area contributed by atoms with E-state index in [2.05, 4.69) is 15.8 Å². The summed E-state index contributed by atoms with van der Waals surface area (Å²) in [4.78, 5) is 22.4. The molecule has 0 heterocycles. The molecule has 25 heavy (non-hydrogen) atoms. The largest absolute Gasteiger partial charge is 0.376 e. The fourth-order valence-electron chi connectivity index (χ4n) is 2.14. The Morgan fingerprint density at radius 2 is 1.84 bits per heavy atom. The summed E-state index contributed by atoms with van der Waals surface area (Å²) in [6, 6.07) is 12.5. The monoisotopic (exact) mass is 340 g/mol. The number of hydrazone groups is 1. The highest BCUT2D eigenvalue weighted by Gasteiger charge is 2.12. The Morgan fingerprint density at radius 1 is 1.16 bits per heavy atom. The van der Waals surface area contributed by atoms with Crippen molar-refractivity contribution in [3.8, 4) is 0 Å². The van der Waals surface area contributed by atoms with Crippen molar-refractivity contribution >= 4 is 23.0 Å². The maximum absolute atomic E-state index is 11.9. The Balaban J connectivity index is 1.96. The third-order valence-electron chi connectivity index (χ3n) is 3.68. The van der Waals surface area contributed by atoms with Gasteiger partial charge in [0.2, 0.25) is 0 Å². The van der Waals surface area contributed by atoms with Crippen molar-refractivity contribution in [3.63, 3.8) is 0 Å². The minimum atomic E-state index is -0.434. The zero-order valence-corrected chi connectivity index (χ0v) is 14.4. The van der Waals surface area contributed by atoms with E-state index in [0.717, 1.165) is 11.3 Å². The highest BCUT2D eigenvalue weighted by Crippen LogP contribution is 2.19. The van der Waals surface area contributed by atoms with Crippen LogP contribution in [0.3, 0.4) is 0 Å². The highest BCUT2D eigenvalue weighted by atomic mass is 16.6. The molecular formula is C18H20N4O3. The van der Waals surface area contributed by atoms with Crippen LogP contribution in [0.4, 0.5) is 11.4 Å². The van der Waals surface area contributed by atoms with Crippen LogP contribution < -0.4 is 10.7 Å². The SMILES string of the molecule is C/C(=N\NC(=O)CNc1ccc(C)cc1)c1ccc(C)c([N+](=O)[O-])c1. The van der Waals surface area contributed by atoms with Crippen LogP contribution in [-0.4, -0.2) is 23.1 Å². The van der Waals surface area contributed by atoms with Gasteiger partial charge in [-0.05, 0) is 32.9 Å². The van der Waals surface area contributed by atoms with Gasteiger partial charge >= 0.3 is 0 Å². The molecule has 0 aliphatic carbocycles. The zero-order chi connectivity index (χ0) is 18.4. The zero-order valence-electron chi connectivity index (χ0n) is 14.4. The first kappa shape index (κ1) is 18.1. The minimum absolute atomic E-state index is 0.0272. The van der Waals surface area contributed by atoms with Crippen molar-refractivity contribution in [2.45, 2.75) is 20.8 Å².